The van der Waals surface area contributed by atoms with Crippen molar-refractivity contribution in [1.82, 2.24) is 10.1 Å². The largest absolute Gasteiger partial charge is 0.493 e. The monoisotopic (exact) mass is 380 g/mol. The van der Waals surface area contributed by atoms with E-state index < -0.39 is 5.97 Å². The highest BCUT2D eigenvalue weighted by atomic mass is 16.6. The molecule has 0 aliphatic heterocycles. The lowest BCUT2D eigenvalue weighted by molar-refractivity contribution is -0.139. The van der Waals surface area contributed by atoms with Crippen molar-refractivity contribution in [2.75, 3.05) is 14.2 Å². The molecule has 0 saturated carbocycles. The second kappa shape index (κ2) is 8.85. The Labute approximate surface area is 162 Å². The van der Waals surface area contributed by atoms with Crippen molar-refractivity contribution in [3.63, 3.8) is 0 Å². The maximum Gasteiger partial charge on any atom is 0.331 e. The van der Waals surface area contributed by atoms with E-state index >= 15 is 0 Å². The molecule has 0 bridgehead atoms. The van der Waals surface area contributed by atoms with Crippen LogP contribution in [0, 0.1) is 6.92 Å². The lowest BCUT2D eigenvalue weighted by Gasteiger charge is -2.07. The number of esters is 1. The van der Waals surface area contributed by atoms with Gasteiger partial charge in [0.2, 0.25) is 5.82 Å². The average Bonchev–Trinajstić information content (AvgIpc) is 3.19. The third-order valence-electron chi connectivity index (χ3n) is 3.90. The molecule has 0 fully saturated rings. The van der Waals surface area contributed by atoms with Gasteiger partial charge in [0.15, 0.2) is 18.1 Å². The molecular formula is C21H20N2O5. The number of methoxy groups -OCH3 is 2. The maximum absolute atomic E-state index is 11.9. The van der Waals surface area contributed by atoms with Gasteiger partial charge in [-0.2, -0.15) is 4.98 Å². The van der Waals surface area contributed by atoms with E-state index in [0.717, 1.165) is 11.1 Å². The molecule has 0 spiro atoms. The van der Waals surface area contributed by atoms with Gasteiger partial charge in [0, 0.05) is 11.6 Å². The highest BCUT2D eigenvalue weighted by Crippen LogP contribution is 2.31. The third kappa shape index (κ3) is 4.76. The Morgan fingerprint density at radius 3 is 2.68 bits per heavy atom. The molecule has 1 heterocycles. The van der Waals surface area contributed by atoms with Gasteiger partial charge in [-0.3, -0.25) is 0 Å². The van der Waals surface area contributed by atoms with E-state index in [1.807, 2.05) is 31.2 Å². The van der Waals surface area contributed by atoms with Gasteiger partial charge >= 0.3 is 5.97 Å². The minimum atomic E-state index is -0.493. The summed E-state index contributed by atoms with van der Waals surface area (Å²) in [6, 6.07) is 13.1. The van der Waals surface area contributed by atoms with Crippen LogP contribution in [-0.2, 0) is 16.1 Å². The van der Waals surface area contributed by atoms with E-state index in [0.29, 0.717) is 22.9 Å². The van der Waals surface area contributed by atoms with Gasteiger partial charge in [-0.05, 0) is 36.8 Å². The number of hydrogen-bond acceptors (Lipinski definition) is 7. The zero-order valence-electron chi connectivity index (χ0n) is 15.8. The summed E-state index contributed by atoms with van der Waals surface area (Å²) in [7, 11) is 3.11. The number of ether oxygens (including phenoxy) is 3. The average molecular weight is 380 g/mol. The number of aryl methyl sites for hydroxylation is 1. The van der Waals surface area contributed by atoms with Crippen molar-refractivity contribution in [2.24, 2.45) is 0 Å². The molecule has 0 aliphatic carbocycles. The molecule has 7 nitrogen and oxygen atoms in total. The lowest BCUT2D eigenvalue weighted by Crippen LogP contribution is -2.01. The van der Waals surface area contributed by atoms with Gasteiger partial charge in [-0.25, -0.2) is 4.79 Å². The van der Waals surface area contributed by atoms with Crippen LogP contribution in [-0.4, -0.2) is 30.3 Å². The summed E-state index contributed by atoms with van der Waals surface area (Å²) in [5.41, 5.74) is 2.73. The standard InChI is InChI=1S/C21H20N2O5/c1-14-5-4-6-15(11-14)7-10-20(24)27-13-19-22-21(23-28-19)16-8-9-17(25-2)18(12-16)26-3/h4-12H,13H2,1-3H3/b10-7+. The van der Waals surface area contributed by atoms with Gasteiger partial charge < -0.3 is 18.7 Å². The quantitative estimate of drug-likeness (QED) is 0.455. The molecule has 2 aromatic carbocycles. The maximum atomic E-state index is 11.9. The minimum Gasteiger partial charge on any atom is -0.493 e. The molecule has 0 unspecified atom stereocenters. The van der Waals surface area contributed by atoms with Gasteiger partial charge in [0.05, 0.1) is 14.2 Å². The van der Waals surface area contributed by atoms with Gasteiger partial charge in [-0.15, -0.1) is 0 Å². The Bertz CT molecular complexity index is 994. The molecule has 3 aromatic rings. The number of benzene rings is 2. The molecular weight excluding hydrogens is 360 g/mol. The first-order chi connectivity index (χ1) is 13.6. The van der Waals surface area contributed by atoms with Crippen molar-refractivity contribution in [3.8, 4) is 22.9 Å². The molecule has 0 amide bonds. The molecule has 0 N–H and O–H groups in total. The fraction of sp³-hybridized carbons (Fsp3) is 0.190. The van der Waals surface area contributed by atoms with E-state index in [-0.39, 0.29) is 12.5 Å². The smallest absolute Gasteiger partial charge is 0.331 e. The van der Waals surface area contributed by atoms with Crippen LogP contribution in [0.2, 0.25) is 0 Å². The number of rotatable bonds is 7. The molecule has 144 valence electrons. The van der Waals surface area contributed by atoms with Crippen LogP contribution in [0.15, 0.2) is 53.1 Å². The SMILES string of the molecule is COc1ccc(-c2noc(COC(=O)/C=C/c3cccc(C)c3)n2)cc1OC. The topological polar surface area (TPSA) is 83.7 Å². The van der Waals surface area contributed by atoms with Crippen molar-refractivity contribution in [1.29, 1.82) is 0 Å². The predicted octanol–water partition coefficient (Wildman–Crippen LogP) is 3.82. The fourth-order valence-corrected chi connectivity index (χ4v) is 2.53. The summed E-state index contributed by atoms with van der Waals surface area (Å²) in [4.78, 5) is 16.1. The summed E-state index contributed by atoms with van der Waals surface area (Å²) in [5, 5.41) is 3.91. The minimum absolute atomic E-state index is 0.114. The second-order valence-electron chi connectivity index (χ2n) is 5.94. The lowest BCUT2D eigenvalue weighted by atomic mass is 10.1. The molecule has 0 atom stereocenters. The summed E-state index contributed by atoms with van der Waals surface area (Å²) in [6.45, 7) is 1.87. The van der Waals surface area contributed by atoms with Crippen molar-refractivity contribution >= 4 is 12.0 Å². The first kappa shape index (κ1) is 19.2. The van der Waals surface area contributed by atoms with Crippen LogP contribution in [0.1, 0.15) is 17.0 Å². The summed E-state index contributed by atoms with van der Waals surface area (Å²) in [6.07, 6.45) is 3.05. The zero-order chi connectivity index (χ0) is 19.9. The highest BCUT2D eigenvalue weighted by molar-refractivity contribution is 5.87. The molecule has 0 radical (unpaired) electrons. The van der Waals surface area contributed by atoms with Crippen molar-refractivity contribution < 1.29 is 23.5 Å². The normalized spacial score (nSPS) is 10.8. The molecule has 0 saturated heterocycles. The summed E-state index contributed by atoms with van der Waals surface area (Å²) >= 11 is 0. The molecule has 3 rings (SSSR count). The van der Waals surface area contributed by atoms with Gasteiger partial charge in [0.25, 0.3) is 5.89 Å². The van der Waals surface area contributed by atoms with Crippen LogP contribution >= 0.6 is 0 Å². The van der Waals surface area contributed by atoms with Crippen LogP contribution in [0.5, 0.6) is 11.5 Å². The predicted molar refractivity (Wildman–Crippen MR) is 103 cm³/mol. The number of aromatic nitrogens is 2. The van der Waals surface area contributed by atoms with E-state index in [2.05, 4.69) is 10.1 Å². The fourth-order valence-electron chi connectivity index (χ4n) is 2.53. The van der Waals surface area contributed by atoms with Crippen molar-refractivity contribution in [3.05, 3.63) is 65.6 Å². The Morgan fingerprint density at radius 2 is 1.93 bits per heavy atom. The van der Waals surface area contributed by atoms with Crippen molar-refractivity contribution in [2.45, 2.75) is 13.5 Å². The number of carbonyl (C=O) groups excluding carboxylic acids is 1. The number of carbonyl (C=O) groups is 1. The Balaban J connectivity index is 1.61. The zero-order valence-corrected chi connectivity index (χ0v) is 15.8. The van der Waals surface area contributed by atoms with Gasteiger partial charge in [-0.1, -0.05) is 35.0 Å². The van der Waals surface area contributed by atoms with E-state index in [1.54, 1.807) is 38.5 Å². The Hall–Kier alpha value is -3.61. The first-order valence-corrected chi connectivity index (χ1v) is 8.55. The molecule has 28 heavy (non-hydrogen) atoms. The second-order valence-corrected chi connectivity index (χ2v) is 5.94. The van der Waals surface area contributed by atoms with E-state index in [1.165, 1.54) is 6.08 Å². The van der Waals surface area contributed by atoms with Crippen LogP contribution in [0.3, 0.4) is 0 Å². The van der Waals surface area contributed by atoms with E-state index in [9.17, 15) is 4.79 Å². The third-order valence-corrected chi connectivity index (χ3v) is 3.90. The summed E-state index contributed by atoms with van der Waals surface area (Å²) < 4.78 is 20.8. The van der Waals surface area contributed by atoms with Gasteiger partial charge in [0.1, 0.15) is 0 Å². The molecule has 1 aromatic heterocycles. The molecule has 7 heteroatoms. The van der Waals surface area contributed by atoms with Crippen LogP contribution in [0.4, 0.5) is 0 Å². The Kier molecular flexibility index (Phi) is 6.06. The Morgan fingerprint density at radius 1 is 1.11 bits per heavy atom. The highest BCUT2D eigenvalue weighted by Gasteiger charge is 2.13. The number of nitrogens with zero attached hydrogens (tertiary/aromatic N) is 2. The first-order valence-electron chi connectivity index (χ1n) is 8.55. The van der Waals surface area contributed by atoms with E-state index in [4.69, 9.17) is 18.7 Å². The summed E-state index contributed by atoms with van der Waals surface area (Å²) in [5.74, 6) is 1.22. The van der Waals surface area contributed by atoms with Crippen LogP contribution in [0.25, 0.3) is 17.5 Å². The molecule has 0 aliphatic rings. The number of hydrogen-bond donors (Lipinski definition) is 0. The van der Waals surface area contributed by atoms with Crippen LogP contribution < -0.4 is 9.47 Å².